The lowest BCUT2D eigenvalue weighted by molar-refractivity contribution is -0.135. The summed E-state index contributed by atoms with van der Waals surface area (Å²) in [7, 11) is 0. The van der Waals surface area contributed by atoms with Crippen molar-refractivity contribution in [3.05, 3.63) is 64.1 Å². The zero-order chi connectivity index (χ0) is 15.4. The van der Waals surface area contributed by atoms with Crippen molar-refractivity contribution in [2.75, 3.05) is 11.4 Å². The van der Waals surface area contributed by atoms with Crippen LogP contribution in [-0.2, 0) is 4.79 Å². The molecule has 4 nitrogen and oxygen atoms in total. The second-order valence-electron chi connectivity index (χ2n) is 4.24. The third kappa shape index (κ3) is 3.74. The van der Waals surface area contributed by atoms with Crippen LogP contribution in [-0.4, -0.2) is 23.5 Å². The molecule has 0 spiro atoms. The molecule has 2 aromatic carbocycles. The van der Waals surface area contributed by atoms with E-state index < -0.39 is 18.4 Å². The Labute approximate surface area is 131 Å². The molecular weight excluding hydrogens is 313 g/mol. The zero-order valence-electron chi connectivity index (χ0n) is 10.8. The molecule has 0 aliphatic rings. The molecule has 0 atom stereocenters. The Morgan fingerprint density at radius 3 is 2.33 bits per heavy atom. The second kappa shape index (κ2) is 6.61. The molecule has 0 aliphatic carbocycles. The van der Waals surface area contributed by atoms with Gasteiger partial charge < -0.3 is 5.11 Å². The Balaban J connectivity index is 2.43. The molecule has 0 saturated carbocycles. The smallest absolute Gasteiger partial charge is 0.323 e. The Morgan fingerprint density at radius 1 is 1.05 bits per heavy atom. The van der Waals surface area contributed by atoms with Crippen LogP contribution in [0.4, 0.5) is 5.69 Å². The van der Waals surface area contributed by atoms with Crippen molar-refractivity contribution in [2.24, 2.45) is 0 Å². The summed E-state index contributed by atoms with van der Waals surface area (Å²) in [5.41, 5.74) is 0.634. The van der Waals surface area contributed by atoms with Gasteiger partial charge in [0.15, 0.2) is 0 Å². The van der Waals surface area contributed by atoms with Crippen molar-refractivity contribution in [2.45, 2.75) is 0 Å². The SMILES string of the molecule is O=C(O)CN(C(=O)c1cc(Cl)ccc1Cl)c1ccccc1. The Kier molecular flexibility index (Phi) is 4.83. The van der Waals surface area contributed by atoms with E-state index in [2.05, 4.69) is 0 Å². The highest BCUT2D eigenvalue weighted by atomic mass is 35.5. The minimum atomic E-state index is -1.12. The summed E-state index contributed by atoms with van der Waals surface area (Å²) in [5, 5.41) is 9.58. The van der Waals surface area contributed by atoms with Crippen LogP contribution in [0.15, 0.2) is 48.5 Å². The van der Waals surface area contributed by atoms with E-state index in [0.29, 0.717) is 10.7 Å². The van der Waals surface area contributed by atoms with Crippen molar-refractivity contribution < 1.29 is 14.7 Å². The van der Waals surface area contributed by atoms with Crippen LogP contribution in [0, 0.1) is 0 Å². The molecule has 0 unspecified atom stereocenters. The number of carbonyl (C=O) groups is 2. The largest absolute Gasteiger partial charge is 0.480 e. The molecule has 0 bridgehead atoms. The Bertz CT molecular complexity index is 674. The number of amides is 1. The topological polar surface area (TPSA) is 57.6 Å². The maximum Gasteiger partial charge on any atom is 0.323 e. The van der Waals surface area contributed by atoms with Crippen LogP contribution in [0.25, 0.3) is 0 Å². The van der Waals surface area contributed by atoms with Crippen molar-refractivity contribution >= 4 is 40.8 Å². The average Bonchev–Trinajstić information content (AvgIpc) is 2.47. The van der Waals surface area contributed by atoms with Crippen LogP contribution in [0.1, 0.15) is 10.4 Å². The van der Waals surface area contributed by atoms with Gasteiger partial charge in [0.1, 0.15) is 6.54 Å². The Morgan fingerprint density at radius 2 is 1.71 bits per heavy atom. The van der Waals surface area contributed by atoms with Crippen molar-refractivity contribution in [1.82, 2.24) is 0 Å². The van der Waals surface area contributed by atoms with Crippen molar-refractivity contribution in [3.63, 3.8) is 0 Å². The number of hydrogen-bond acceptors (Lipinski definition) is 2. The van der Waals surface area contributed by atoms with Gasteiger partial charge in [0.05, 0.1) is 10.6 Å². The van der Waals surface area contributed by atoms with Gasteiger partial charge in [0.2, 0.25) is 0 Å². The van der Waals surface area contributed by atoms with Crippen molar-refractivity contribution in [3.8, 4) is 0 Å². The van der Waals surface area contributed by atoms with Gasteiger partial charge in [0, 0.05) is 10.7 Å². The lowest BCUT2D eigenvalue weighted by Gasteiger charge is -2.21. The maximum atomic E-state index is 12.6. The monoisotopic (exact) mass is 323 g/mol. The van der Waals surface area contributed by atoms with E-state index in [1.165, 1.54) is 12.1 Å². The van der Waals surface area contributed by atoms with E-state index >= 15 is 0 Å². The first kappa shape index (κ1) is 15.4. The molecule has 6 heteroatoms. The summed E-state index contributed by atoms with van der Waals surface area (Å²) in [5.74, 6) is -1.64. The summed E-state index contributed by atoms with van der Waals surface area (Å²) in [6.07, 6.45) is 0. The number of anilines is 1. The molecule has 1 amide bonds. The first-order valence-corrected chi connectivity index (χ1v) is 6.78. The zero-order valence-corrected chi connectivity index (χ0v) is 12.3. The summed E-state index contributed by atoms with van der Waals surface area (Å²) in [6, 6.07) is 13.0. The quantitative estimate of drug-likeness (QED) is 0.932. The lowest BCUT2D eigenvalue weighted by atomic mass is 10.1. The van der Waals surface area contributed by atoms with Gasteiger partial charge in [-0.15, -0.1) is 0 Å². The molecule has 0 heterocycles. The molecule has 0 saturated heterocycles. The van der Waals surface area contributed by atoms with E-state index in [4.69, 9.17) is 28.3 Å². The predicted molar refractivity (Wildman–Crippen MR) is 82.2 cm³/mol. The number of nitrogens with zero attached hydrogens (tertiary/aromatic N) is 1. The number of para-hydroxylation sites is 1. The van der Waals surface area contributed by atoms with E-state index in [0.717, 1.165) is 4.90 Å². The fraction of sp³-hybridized carbons (Fsp3) is 0.0667. The fourth-order valence-electron chi connectivity index (χ4n) is 1.83. The molecular formula is C15H11Cl2NO3. The first-order valence-electron chi connectivity index (χ1n) is 6.03. The molecule has 108 valence electrons. The summed E-state index contributed by atoms with van der Waals surface area (Å²) < 4.78 is 0. The number of aliphatic carboxylic acids is 1. The van der Waals surface area contributed by atoms with Crippen LogP contribution >= 0.6 is 23.2 Å². The summed E-state index contributed by atoms with van der Waals surface area (Å²) in [6.45, 7) is -0.467. The predicted octanol–water partition coefficient (Wildman–Crippen LogP) is 3.72. The molecule has 21 heavy (non-hydrogen) atoms. The van der Waals surface area contributed by atoms with E-state index in [9.17, 15) is 9.59 Å². The number of halogens is 2. The minimum absolute atomic E-state index is 0.161. The third-order valence-electron chi connectivity index (χ3n) is 2.77. The van der Waals surface area contributed by atoms with E-state index in [1.807, 2.05) is 0 Å². The fourth-order valence-corrected chi connectivity index (χ4v) is 2.20. The molecule has 0 radical (unpaired) electrons. The standard InChI is InChI=1S/C15H11Cl2NO3/c16-10-6-7-13(17)12(8-10)15(21)18(9-14(19)20)11-4-2-1-3-5-11/h1-8H,9H2,(H,19,20). The maximum absolute atomic E-state index is 12.6. The van der Waals surface area contributed by atoms with Crippen LogP contribution in [0.3, 0.4) is 0 Å². The van der Waals surface area contributed by atoms with Crippen LogP contribution < -0.4 is 4.90 Å². The number of carboxylic acid groups (broad SMARTS) is 1. The van der Waals surface area contributed by atoms with Gasteiger partial charge in [0.25, 0.3) is 5.91 Å². The van der Waals surface area contributed by atoms with Gasteiger partial charge in [-0.2, -0.15) is 0 Å². The average molecular weight is 324 g/mol. The number of hydrogen-bond donors (Lipinski definition) is 1. The van der Waals surface area contributed by atoms with Gasteiger partial charge in [-0.05, 0) is 30.3 Å². The number of carbonyl (C=O) groups excluding carboxylic acids is 1. The van der Waals surface area contributed by atoms with Gasteiger partial charge in [-0.1, -0.05) is 41.4 Å². The minimum Gasteiger partial charge on any atom is -0.480 e. The van der Waals surface area contributed by atoms with Crippen molar-refractivity contribution in [1.29, 1.82) is 0 Å². The third-order valence-corrected chi connectivity index (χ3v) is 3.33. The highest BCUT2D eigenvalue weighted by molar-refractivity contribution is 6.36. The van der Waals surface area contributed by atoms with Gasteiger partial charge in [-0.25, -0.2) is 0 Å². The first-order chi connectivity index (χ1) is 9.99. The molecule has 1 N–H and O–H groups in total. The van der Waals surface area contributed by atoms with E-state index in [-0.39, 0.29) is 10.6 Å². The molecule has 0 aromatic heterocycles. The highest BCUT2D eigenvalue weighted by Crippen LogP contribution is 2.24. The number of rotatable bonds is 4. The molecule has 2 rings (SSSR count). The van der Waals surface area contributed by atoms with Crippen LogP contribution in [0.2, 0.25) is 10.0 Å². The Hall–Kier alpha value is -2.04. The molecule has 2 aromatic rings. The highest BCUT2D eigenvalue weighted by Gasteiger charge is 2.22. The van der Waals surface area contributed by atoms with Crippen LogP contribution in [0.5, 0.6) is 0 Å². The summed E-state index contributed by atoms with van der Waals surface area (Å²) in [4.78, 5) is 24.7. The molecule has 0 fully saturated rings. The molecule has 0 aliphatic heterocycles. The van der Waals surface area contributed by atoms with E-state index in [1.54, 1.807) is 36.4 Å². The number of benzene rings is 2. The lowest BCUT2D eigenvalue weighted by Crippen LogP contribution is -2.35. The number of carboxylic acids is 1. The summed E-state index contributed by atoms with van der Waals surface area (Å²) >= 11 is 11.9. The van der Waals surface area contributed by atoms with Gasteiger partial charge >= 0.3 is 5.97 Å². The second-order valence-corrected chi connectivity index (χ2v) is 5.09. The van der Waals surface area contributed by atoms with Gasteiger partial charge in [-0.3, -0.25) is 14.5 Å². The normalized spacial score (nSPS) is 10.2.